The summed E-state index contributed by atoms with van der Waals surface area (Å²) in [7, 11) is 0. The van der Waals surface area contributed by atoms with Gasteiger partial charge in [-0.2, -0.15) is 0 Å². The molecule has 0 radical (unpaired) electrons. The molecular weight excluding hydrogens is 506 g/mol. The molecule has 0 spiro atoms. The molecule has 0 N–H and O–H groups in total. The Labute approximate surface area is 191 Å². The van der Waals surface area contributed by atoms with Gasteiger partial charge >= 0.3 is 6.50 Å². The summed E-state index contributed by atoms with van der Waals surface area (Å²) in [6, 6.07) is 47.2. The van der Waals surface area contributed by atoms with Gasteiger partial charge in [-0.25, -0.2) is 0 Å². The van der Waals surface area contributed by atoms with Crippen molar-refractivity contribution in [2.75, 3.05) is 0 Å². The maximum Gasteiger partial charge on any atom is 0.316 e. The maximum atomic E-state index is 2.55. The standard InChI is InChI=1S/C24H20P6S/c1-5-13-21(14-6-1)29(22-15-7-2-8-16-22)25-26-27(25)31-28(29)30(26,23-17-9-3-10-18-23)24-19-11-4-12-20-24/h1-20H/q+2. The number of hydrogen-bond donors (Lipinski definition) is 0. The van der Waals surface area contributed by atoms with Gasteiger partial charge in [0, 0.05) is 11.0 Å². The Bertz CT molecular complexity index is 1170. The fourth-order valence-electron chi connectivity index (χ4n) is 4.77. The largest absolute Gasteiger partial charge is 0.316 e. The summed E-state index contributed by atoms with van der Waals surface area (Å²) < 4.78 is 0. The first-order valence-electron chi connectivity index (χ1n) is 10.3. The van der Waals surface area contributed by atoms with Gasteiger partial charge in [0.05, 0.1) is 6.09 Å². The summed E-state index contributed by atoms with van der Waals surface area (Å²) >= 11 is 2.55. The second-order valence-electron chi connectivity index (χ2n) is 7.67. The second kappa shape index (κ2) is 7.46. The van der Waals surface area contributed by atoms with Crippen LogP contribution in [0.2, 0.25) is 0 Å². The smallest absolute Gasteiger partial charge is 0.0620 e. The third kappa shape index (κ3) is 2.53. The fraction of sp³-hybridized carbons (Fsp3) is 0. The lowest BCUT2D eigenvalue weighted by Gasteiger charge is -2.26. The Hall–Kier alpha value is -0.580. The fourth-order valence-corrected chi connectivity index (χ4v) is 207. The van der Waals surface area contributed by atoms with E-state index in [9.17, 15) is 0 Å². The quantitative estimate of drug-likeness (QED) is 0.210. The lowest BCUT2D eigenvalue weighted by Crippen LogP contribution is -2.19. The maximum absolute atomic E-state index is 2.55. The third-order valence-corrected chi connectivity index (χ3v) is 101. The minimum absolute atomic E-state index is 0.107. The van der Waals surface area contributed by atoms with Crippen LogP contribution in [-0.2, 0) is 0 Å². The van der Waals surface area contributed by atoms with Crippen molar-refractivity contribution in [3.05, 3.63) is 121 Å². The van der Waals surface area contributed by atoms with Crippen molar-refractivity contribution in [3.8, 4) is 0 Å². The van der Waals surface area contributed by atoms with E-state index in [0.717, 1.165) is 0 Å². The van der Waals surface area contributed by atoms with Crippen LogP contribution < -0.4 is 21.2 Å². The highest BCUT2D eigenvalue weighted by Crippen LogP contribution is 3.45. The van der Waals surface area contributed by atoms with Crippen molar-refractivity contribution < 1.29 is 0 Å². The summed E-state index contributed by atoms with van der Waals surface area (Å²) in [5, 5.41) is 6.87. The third-order valence-electron chi connectivity index (χ3n) is 6.06. The average molecular weight is 526 g/mol. The topological polar surface area (TPSA) is 0 Å². The number of benzene rings is 4. The molecule has 7 heteroatoms. The molecule has 0 saturated heterocycles. The van der Waals surface area contributed by atoms with E-state index >= 15 is 0 Å². The minimum atomic E-state index is -1.34. The van der Waals surface area contributed by atoms with Gasteiger partial charge in [0.25, 0.3) is 0 Å². The van der Waals surface area contributed by atoms with E-state index in [1.807, 2.05) is 0 Å². The molecule has 2 atom stereocenters. The Morgan fingerprint density at radius 2 is 0.710 bits per heavy atom. The van der Waals surface area contributed by atoms with Gasteiger partial charge in [0.1, 0.15) is 34.4 Å². The van der Waals surface area contributed by atoms with Crippen LogP contribution in [0.3, 0.4) is 0 Å². The van der Waals surface area contributed by atoms with E-state index in [0.29, 0.717) is 0 Å². The Kier molecular flexibility index (Phi) is 4.78. The Morgan fingerprint density at radius 1 is 0.419 bits per heavy atom. The van der Waals surface area contributed by atoms with Gasteiger partial charge in [0.15, 0.2) is 0 Å². The van der Waals surface area contributed by atoms with Crippen LogP contribution in [0.25, 0.3) is 0 Å². The van der Waals surface area contributed by atoms with Crippen molar-refractivity contribution in [3.63, 3.8) is 0 Å². The minimum Gasteiger partial charge on any atom is -0.0620 e. The molecule has 5 aromatic rings. The van der Waals surface area contributed by atoms with E-state index < -0.39 is 13.3 Å². The van der Waals surface area contributed by atoms with Crippen LogP contribution in [0.5, 0.6) is 0 Å². The van der Waals surface area contributed by atoms with Gasteiger partial charge < -0.3 is 0 Å². The first kappa shape index (κ1) is 19.9. The predicted octanol–water partition coefficient (Wildman–Crippen LogP) is 9.26. The molecule has 2 unspecified atom stereocenters. The monoisotopic (exact) mass is 526 g/mol. The molecule has 3 aliphatic heterocycles. The first-order valence-corrected chi connectivity index (χ1v) is 26.2. The van der Waals surface area contributed by atoms with Crippen LogP contribution >= 0.6 is 50.0 Å². The van der Waals surface area contributed by atoms with E-state index in [1.54, 1.807) is 21.2 Å². The molecule has 0 amide bonds. The van der Waals surface area contributed by atoms with Gasteiger partial charge in [-0.1, -0.05) is 72.8 Å². The first-order chi connectivity index (χ1) is 15.4. The highest BCUT2D eigenvalue weighted by molar-refractivity contribution is 9.56. The van der Waals surface area contributed by atoms with Crippen LogP contribution in [0, 0.1) is 0 Å². The van der Waals surface area contributed by atoms with Crippen molar-refractivity contribution in [2.45, 2.75) is 0 Å². The molecule has 4 heterocycles. The second-order valence-corrected chi connectivity index (χ2v) is 50.5. The SMILES string of the molecule is c1ccc([P+]2(c3ccccc3)P3Sp4p2p4[P+]3(c2ccccc2)c2ccccc2)cc1. The molecule has 0 aliphatic carbocycles. The van der Waals surface area contributed by atoms with E-state index in [4.69, 9.17) is 0 Å². The zero-order valence-electron chi connectivity index (χ0n) is 16.6. The molecule has 1 aromatic heterocycles. The molecule has 8 rings (SSSR count). The Morgan fingerprint density at radius 3 is 0.968 bits per heavy atom. The van der Waals surface area contributed by atoms with Crippen LogP contribution in [-0.4, -0.2) is 0 Å². The van der Waals surface area contributed by atoms with Gasteiger partial charge in [0.2, 0.25) is 13.3 Å². The molecule has 31 heavy (non-hydrogen) atoms. The summed E-state index contributed by atoms with van der Waals surface area (Å²) in [5.41, 5.74) is 0. The van der Waals surface area contributed by atoms with Gasteiger partial charge in [-0.15, -0.1) is 0 Å². The normalized spacial score (nSPS) is 21.4. The van der Waals surface area contributed by atoms with Crippen molar-refractivity contribution in [2.24, 2.45) is 0 Å². The highest BCUT2D eigenvalue weighted by atomic mass is 33.6. The zero-order chi connectivity index (χ0) is 20.5. The lowest BCUT2D eigenvalue weighted by molar-refractivity contribution is 1.75. The molecule has 0 fully saturated rings. The molecule has 0 saturated carbocycles. The van der Waals surface area contributed by atoms with E-state index in [1.165, 1.54) is 0 Å². The molecule has 0 nitrogen and oxygen atoms in total. The molecular formula is C24H20P6S+2. The summed E-state index contributed by atoms with van der Waals surface area (Å²) in [6.07, 6.45) is 0.218. The zero-order valence-corrected chi connectivity index (χ0v) is 22.8. The van der Waals surface area contributed by atoms with E-state index in [-0.39, 0.29) is 25.7 Å². The molecule has 3 aliphatic rings. The Balaban J connectivity index is 1.58. The van der Waals surface area contributed by atoms with Crippen LogP contribution in [0.4, 0.5) is 0 Å². The summed E-state index contributed by atoms with van der Waals surface area (Å²) in [6.45, 7) is -2.46. The van der Waals surface area contributed by atoms with Gasteiger partial charge in [-0.05, 0) is 48.5 Å². The lowest BCUT2D eigenvalue weighted by atomic mass is 10.4. The van der Waals surface area contributed by atoms with E-state index in [2.05, 4.69) is 132 Å². The summed E-state index contributed by atoms with van der Waals surface area (Å²) in [5.74, 6) is 0. The van der Waals surface area contributed by atoms with Crippen molar-refractivity contribution in [1.29, 1.82) is 0 Å². The predicted molar refractivity (Wildman–Crippen MR) is 153 cm³/mol. The molecule has 4 bridgehead atoms. The number of hydrogen-bond acceptors (Lipinski definition) is 1. The molecule has 4 aromatic carbocycles. The summed E-state index contributed by atoms with van der Waals surface area (Å²) in [4.78, 5) is 0. The van der Waals surface area contributed by atoms with Crippen LogP contribution in [0.15, 0.2) is 121 Å². The van der Waals surface area contributed by atoms with Crippen molar-refractivity contribution >= 4 is 71.2 Å². The van der Waals surface area contributed by atoms with Crippen LogP contribution in [0.1, 0.15) is 0 Å². The van der Waals surface area contributed by atoms with Crippen molar-refractivity contribution in [1.82, 2.24) is 0 Å². The highest BCUT2D eigenvalue weighted by Gasteiger charge is 2.90. The molecule has 150 valence electrons. The van der Waals surface area contributed by atoms with Gasteiger partial charge in [-0.3, -0.25) is 0 Å². The average Bonchev–Trinajstić information content (AvgIpc) is 3.20. The number of rotatable bonds is 4.